The van der Waals surface area contributed by atoms with Crippen LogP contribution in [0.5, 0.6) is 0 Å². The first kappa shape index (κ1) is 18.9. The number of furan rings is 1. The summed E-state index contributed by atoms with van der Waals surface area (Å²) in [5.41, 5.74) is 2.73. The normalized spacial score (nSPS) is 11.2. The van der Waals surface area contributed by atoms with Crippen LogP contribution < -0.4 is 10.6 Å². The van der Waals surface area contributed by atoms with Gasteiger partial charge in [-0.05, 0) is 23.8 Å². The molecule has 0 aliphatic carbocycles. The Labute approximate surface area is 177 Å². The number of fused-ring (bicyclic) bond motifs is 2. The lowest BCUT2D eigenvalue weighted by Crippen LogP contribution is -2.28. The number of hydrogen-bond acceptors (Lipinski definition) is 6. The highest BCUT2D eigenvalue weighted by Crippen LogP contribution is 2.20. The summed E-state index contributed by atoms with van der Waals surface area (Å²) in [5, 5.41) is 12.5. The van der Waals surface area contributed by atoms with Gasteiger partial charge in [-0.25, -0.2) is 14.6 Å². The van der Waals surface area contributed by atoms with E-state index in [1.165, 1.54) is 6.33 Å². The summed E-state index contributed by atoms with van der Waals surface area (Å²) in [6.07, 6.45) is 7.08. The molecule has 3 N–H and O–H groups in total. The fraction of sp³-hybridized carbons (Fsp3) is 0.182. The van der Waals surface area contributed by atoms with Crippen LogP contribution in [-0.4, -0.2) is 37.2 Å². The van der Waals surface area contributed by atoms with E-state index in [0.29, 0.717) is 37.5 Å². The maximum atomic E-state index is 12.4. The molecule has 0 spiro atoms. The first-order chi connectivity index (χ1) is 15.3. The molecule has 0 saturated heterocycles. The minimum atomic E-state index is -0.0309. The summed E-state index contributed by atoms with van der Waals surface area (Å²) in [4.78, 5) is 24.2. The predicted octanol–water partition coefficient (Wildman–Crippen LogP) is 2.87. The lowest BCUT2D eigenvalue weighted by Gasteiger charge is -2.07. The molecule has 0 atom stereocenters. The van der Waals surface area contributed by atoms with Gasteiger partial charge in [0.05, 0.1) is 37.4 Å². The second-order valence-electron chi connectivity index (χ2n) is 7.15. The quantitative estimate of drug-likeness (QED) is 0.359. The number of anilines is 1. The van der Waals surface area contributed by atoms with E-state index >= 15 is 0 Å². The van der Waals surface area contributed by atoms with Crippen LogP contribution in [0.4, 0.5) is 5.82 Å². The lowest BCUT2D eigenvalue weighted by molar-refractivity contribution is -0.120. The third-order valence-electron chi connectivity index (χ3n) is 5.12. The van der Waals surface area contributed by atoms with Gasteiger partial charge in [-0.1, -0.05) is 18.2 Å². The molecule has 4 aromatic heterocycles. The molecular weight excluding hydrogens is 394 g/mol. The van der Waals surface area contributed by atoms with Gasteiger partial charge in [-0.15, -0.1) is 0 Å². The molecule has 5 rings (SSSR count). The maximum absolute atomic E-state index is 12.4. The molecule has 31 heavy (non-hydrogen) atoms. The monoisotopic (exact) mass is 415 g/mol. The van der Waals surface area contributed by atoms with E-state index in [-0.39, 0.29) is 5.91 Å². The van der Waals surface area contributed by atoms with E-state index in [1.54, 1.807) is 17.1 Å². The van der Waals surface area contributed by atoms with Crippen LogP contribution in [0.3, 0.4) is 0 Å². The van der Waals surface area contributed by atoms with Gasteiger partial charge < -0.3 is 20.0 Å². The van der Waals surface area contributed by atoms with Gasteiger partial charge in [-0.2, -0.15) is 5.10 Å². The Kier molecular flexibility index (Phi) is 5.05. The summed E-state index contributed by atoms with van der Waals surface area (Å²) in [5.74, 6) is 1.48. The van der Waals surface area contributed by atoms with Crippen LogP contribution in [0.1, 0.15) is 11.3 Å². The Morgan fingerprint density at radius 3 is 2.97 bits per heavy atom. The second-order valence-corrected chi connectivity index (χ2v) is 7.15. The molecule has 1 amide bonds. The van der Waals surface area contributed by atoms with E-state index in [9.17, 15) is 4.79 Å². The van der Waals surface area contributed by atoms with Crippen LogP contribution >= 0.6 is 0 Å². The highest BCUT2D eigenvalue weighted by Gasteiger charge is 2.11. The topological polar surface area (TPSA) is 114 Å². The van der Waals surface area contributed by atoms with E-state index in [1.807, 2.05) is 42.6 Å². The Morgan fingerprint density at radius 1 is 1.13 bits per heavy atom. The maximum Gasteiger partial charge on any atom is 0.224 e. The van der Waals surface area contributed by atoms with Crippen LogP contribution in [-0.2, 0) is 24.3 Å². The predicted molar refractivity (Wildman–Crippen MR) is 116 cm³/mol. The molecular formula is C22H21N7O2. The molecule has 9 heteroatoms. The minimum Gasteiger partial charge on any atom is -0.467 e. The first-order valence-electron chi connectivity index (χ1n) is 10.0. The molecule has 5 aromatic rings. The van der Waals surface area contributed by atoms with Crippen molar-refractivity contribution in [2.75, 3.05) is 11.9 Å². The summed E-state index contributed by atoms with van der Waals surface area (Å²) in [7, 11) is 0. The van der Waals surface area contributed by atoms with Gasteiger partial charge in [0.2, 0.25) is 5.91 Å². The third kappa shape index (κ3) is 3.97. The van der Waals surface area contributed by atoms with Crippen LogP contribution in [0, 0.1) is 0 Å². The molecule has 0 unspecified atom stereocenters. The van der Waals surface area contributed by atoms with Gasteiger partial charge in [0.25, 0.3) is 0 Å². The third-order valence-corrected chi connectivity index (χ3v) is 5.12. The van der Waals surface area contributed by atoms with Crippen LogP contribution in [0.25, 0.3) is 21.9 Å². The molecule has 1 aromatic carbocycles. The number of nitrogens with zero attached hydrogens (tertiary/aromatic N) is 4. The molecule has 156 valence electrons. The fourth-order valence-electron chi connectivity index (χ4n) is 3.60. The van der Waals surface area contributed by atoms with Gasteiger partial charge in [0.1, 0.15) is 17.9 Å². The average Bonchev–Trinajstić information content (AvgIpc) is 3.53. The van der Waals surface area contributed by atoms with E-state index in [4.69, 9.17) is 4.42 Å². The number of hydrogen-bond donors (Lipinski definition) is 3. The summed E-state index contributed by atoms with van der Waals surface area (Å²) in [6.45, 7) is 1.49. The molecule has 0 saturated carbocycles. The zero-order valence-electron chi connectivity index (χ0n) is 16.7. The van der Waals surface area contributed by atoms with E-state index in [0.717, 1.165) is 27.6 Å². The number of aromatic nitrogens is 5. The van der Waals surface area contributed by atoms with Gasteiger partial charge in [-0.3, -0.25) is 4.79 Å². The van der Waals surface area contributed by atoms with Crippen molar-refractivity contribution >= 4 is 33.7 Å². The Hall–Kier alpha value is -4.14. The van der Waals surface area contributed by atoms with Crippen molar-refractivity contribution in [3.63, 3.8) is 0 Å². The van der Waals surface area contributed by atoms with Crippen molar-refractivity contribution in [2.45, 2.75) is 19.5 Å². The van der Waals surface area contributed by atoms with E-state index in [2.05, 4.69) is 30.7 Å². The van der Waals surface area contributed by atoms with Crippen molar-refractivity contribution < 1.29 is 9.21 Å². The van der Waals surface area contributed by atoms with Crippen LogP contribution in [0.2, 0.25) is 0 Å². The number of rotatable bonds is 8. The lowest BCUT2D eigenvalue weighted by atomic mass is 10.1. The molecule has 4 heterocycles. The molecule has 9 nitrogen and oxygen atoms in total. The first-order valence-corrected chi connectivity index (χ1v) is 10.0. The van der Waals surface area contributed by atoms with Crippen LogP contribution in [0.15, 0.2) is 65.8 Å². The molecule has 0 aliphatic heterocycles. The molecule has 0 radical (unpaired) electrons. The SMILES string of the molecule is O=C(Cc1c[nH]c2ccccc12)NCCn1ncc2c(NCc3ccco3)ncnc21. The highest BCUT2D eigenvalue weighted by molar-refractivity contribution is 5.89. The largest absolute Gasteiger partial charge is 0.467 e. The van der Waals surface area contributed by atoms with Crippen molar-refractivity contribution in [2.24, 2.45) is 0 Å². The molecule has 0 bridgehead atoms. The highest BCUT2D eigenvalue weighted by atomic mass is 16.3. The smallest absolute Gasteiger partial charge is 0.224 e. The fourth-order valence-corrected chi connectivity index (χ4v) is 3.60. The Morgan fingerprint density at radius 2 is 2.06 bits per heavy atom. The number of aromatic amines is 1. The number of H-pyrrole nitrogens is 1. The Bertz CT molecular complexity index is 1320. The zero-order chi connectivity index (χ0) is 21.0. The zero-order valence-corrected chi connectivity index (χ0v) is 16.7. The number of para-hydroxylation sites is 1. The summed E-state index contributed by atoms with van der Waals surface area (Å²) >= 11 is 0. The summed E-state index contributed by atoms with van der Waals surface area (Å²) < 4.78 is 7.11. The van der Waals surface area contributed by atoms with Crippen molar-refractivity contribution in [3.8, 4) is 0 Å². The van der Waals surface area contributed by atoms with Crippen molar-refractivity contribution in [1.82, 2.24) is 30.0 Å². The minimum absolute atomic E-state index is 0.0309. The number of benzene rings is 1. The molecule has 0 fully saturated rings. The van der Waals surface area contributed by atoms with E-state index < -0.39 is 0 Å². The second kappa shape index (κ2) is 8.31. The molecule has 0 aliphatic rings. The standard InChI is InChI=1S/C22H21N7O2/c30-20(10-15-11-24-19-6-2-1-5-17(15)19)23-7-8-29-22-18(13-28-29)21(26-14-27-22)25-12-16-4-3-9-31-16/h1-6,9,11,13-14,24H,7-8,10,12H2,(H,23,30)(H,25,26,27). The van der Waals surface area contributed by atoms with Gasteiger partial charge in [0, 0.05) is 23.6 Å². The summed E-state index contributed by atoms with van der Waals surface area (Å²) in [6, 6.07) is 11.7. The van der Waals surface area contributed by atoms with Crippen molar-refractivity contribution in [1.29, 1.82) is 0 Å². The van der Waals surface area contributed by atoms with Crippen molar-refractivity contribution in [3.05, 3.63) is 72.7 Å². The number of carbonyl (C=O) groups excluding carboxylic acids is 1. The number of amides is 1. The average molecular weight is 415 g/mol. The number of nitrogens with one attached hydrogen (secondary N) is 3. The number of carbonyl (C=O) groups is 1. The Balaban J connectivity index is 1.20. The van der Waals surface area contributed by atoms with Gasteiger partial charge in [0.15, 0.2) is 5.65 Å². The van der Waals surface area contributed by atoms with Gasteiger partial charge >= 0.3 is 0 Å².